The zero-order valence-corrected chi connectivity index (χ0v) is 15.0. The maximum absolute atomic E-state index is 14.6. The van der Waals surface area contributed by atoms with Gasteiger partial charge >= 0.3 is 0 Å². The molecule has 1 aromatic heterocycles. The molecule has 138 valence electrons. The molecule has 0 saturated carbocycles. The van der Waals surface area contributed by atoms with Gasteiger partial charge < -0.3 is 15.5 Å². The summed E-state index contributed by atoms with van der Waals surface area (Å²) in [5.74, 6) is -0.962. The van der Waals surface area contributed by atoms with Crippen molar-refractivity contribution in [3.05, 3.63) is 80.3 Å². The first-order valence-corrected chi connectivity index (χ1v) is 8.36. The fourth-order valence-electron chi connectivity index (χ4n) is 2.68. The van der Waals surface area contributed by atoms with E-state index in [-0.39, 0.29) is 40.4 Å². The van der Waals surface area contributed by atoms with Gasteiger partial charge in [0.05, 0.1) is 0 Å². The summed E-state index contributed by atoms with van der Waals surface area (Å²) in [6, 6.07) is 14.5. The summed E-state index contributed by atoms with van der Waals surface area (Å²) in [7, 11) is 0. The zero-order chi connectivity index (χ0) is 20.3. The van der Waals surface area contributed by atoms with Crippen LogP contribution in [0.2, 0.25) is 5.02 Å². The van der Waals surface area contributed by atoms with Gasteiger partial charge in [-0.25, -0.2) is 4.39 Å². The predicted octanol–water partition coefficient (Wildman–Crippen LogP) is 3.74. The van der Waals surface area contributed by atoms with Gasteiger partial charge in [0.15, 0.2) is 11.6 Å². The summed E-state index contributed by atoms with van der Waals surface area (Å²) in [4.78, 5) is 14.2. The fourth-order valence-corrected chi connectivity index (χ4v) is 2.87. The number of anilines is 1. The van der Waals surface area contributed by atoms with E-state index in [4.69, 9.17) is 22.1 Å². The number of nitrogens with two attached hydrogens (primary N) is 1. The third kappa shape index (κ3) is 3.52. The summed E-state index contributed by atoms with van der Waals surface area (Å²) >= 11 is 6.05. The highest BCUT2D eigenvalue weighted by Crippen LogP contribution is 2.31. The average Bonchev–Trinajstić information content (AvgIpc) is 2.67. The van der Waals surface area contributed by atoms with Crippen LogP contribution in [0.5, 0.6) is 5.75 Å². The Morgan fingerprint density at radius 2 is 1.86 bits per heavy atom. The molecular formula is C20H12ClFN4O2. The second-order valence-electron chi connectivity index (χ2n) is 5.74. The molecule has 0 spiro atoms. The third-order valence-electron chi connectivity index (χ3n) is 4.03. The number of rotatable bonds is 4. The van der Waals surface area contributed by atoms with E-state index in [1.165, 1.54) is 12.1 Å². The lowest BCUT2D eigenvalue weighted by molar-refractivity contribution is 0.290. The van der Waals surface area contributed by atoms with Crippen molar-refractivity contribution in [1.82, 2.24) is 4.98 Å². The molecule has 0 saturated heterocycles. The van der Waals surface area contributed by atoms with Crippen LogP contribution in [0, 0.1) is 28.5 Å². The van der Waals surface area contributed by atoms with Crippen LogP contribution in [-0.2, 0) is 6.61 Å². The smallest absolute Gasteiger partial charge is 0.268 e. The van der Waals surface area contributed by atoms with Crippen LogP contribution in [0.25, 0.3) is 11.1 Å². The van der Waals surface area contributed by atoms with E-state index in [0.29, 0.717) is 10.6 Å². The SMILES string of the molecule is N#Cc1c(N)[nH]c(=O)c(C#N)c1-c1ccc(OCc2ccccc2Cl)c(F)c1. The maximum atomic E-state index is 14.6. The quantitative estimate of drug-likeness (QED) is 0.699. The van der Waals surface area contributed by atoms with Gasteiger partial charge in [-0.1, -0.05) is 35.9 Å². The molecule has 0 amide bonds. The van der Waals surface area contributed by atoms with Crippen molar-refractivity contribution in [3.63, 3.8) is 0 Å². The third-order valence-corrected chi connectivity index (χ3v) is 4.40. The number of nitrogen functional groups attached to an aromatic ring is 1. The average molecular weight is 395 g/mol. The van der Waals surface area contributed by atoms with Gasteiger partial charge in [-0.05, 0) is 23.8 Å². The number of nitrogens with one attached hydrogen (secondary N) is 1. The van der Waals surface area contributed by atoms with Crippen LogP contribution in [0.4, 0.5) is 10.2 Å². The van der Waals surface area contributed by atoms with Crippen LogP contribution in [0.3, 0.4) is 0 Å². The van der Waals surface area contributed by atoms with Crippen molar-refractivity contribution >= 4 is 17.4 Å². The Morgan fingerprint density at radius 1 is 1.14 bits per heavy atom. The Hall–Kier alpha value is -3.81. The number of aromatic nitrogens is 1. The van der Waals surface area contributed by atoms with E-state index in [0.717, 1.165) is 6.07 Å². The van der Waals surface area contributed by atoms with E-state index in [9.17, 15) is 19.7 Å². The molecule has 3 rings (SSSR count). The molecule has 1 heterocycles. The highest BCUT2D eigenvalue weighted by atomic mass is 35.5. The van der Waals surface area contributed by atoms with Gasteiger partial charge in [-0.15, -0.1) is 0 Å². The van der Waals surface area contributed by atoms with Crippen LogP contribution in [-0.4, -0.2) is 4.98 Å². The maximum Gasteiger partial charge on any atom is 0.268 e. The first kappa shape index (κ1) is 19.0. The lowest BCUT2D eigenvalue weighted by atomic mass is 9.96. The molecule has 0 bridgehead atoms. The van der Waals surface area contributed by atoms with Crippen LogP contribution < -0.4 is 16.0 Å². The standard InChI is InChI=1S/C20H12ClFN4O2/c21-15-4-2-1-3-12(15)10-28-17-6-5-11(7-16(17)22)18-13(8-23)19(25)26-20(27)14(18)9-24/h1-7H,10H2,(H3,25,26,27). The largest absolute Gasteiger partial charge is 0.486 e. The molecule has 0 radical (unpaired) electrons. The normalized spacial score (nSPS) is 10.1. The zero-order valence-electron chi connectivity index (χ0n) is 14.3. The molecule has 0 atom stereocenters. The summed E-state index contributed by atoms with van der Waals surface area (Å²) in [5, 5.41) is 19.1. The van der Waals surface area contributed by atoms with Gasteiger partial charge in [-0.2, -0.15) is 10.5 Å². The topological polar surface area (TPSA) is 116 Å². The van der Waals surface area contributed by atoms with Gasteiger partial charge in [0.1, 0.15) is 35.7 Å². The van der Waals surface area contributed by atoms with Gasteiger partial charge in [0, 0.05) is 16.1 Å². The van der Waals surface area contributed by atoms with Crippen LogP contribution in [0.15, 0.2) is 47.3 Å². The summed E-state index contributed by atoms with van der Waals surface area (Å²) in [6.07, 6.45) is 0. The molecule has 0 aliphatic carbocycles. The molecule has 0 aliphatic rings. The molecule has 28 heavy (non-hydrogen) atoms. The van der Waals surface area contributed by atoms with E-state index in [1.807, 2.05) is 6.07 Å². The lowest BCUT2D eigenvalue weighted by Gasteiger charge is -2.12. The first-order valence-electron chi connectivity index (χ1n) is 7.98. The minimum atomic E-state index is -0.756. The highest BCUT2D eigenvalue weighted by Gasteiger charge is 2.19. The molecule has 3 N–H and O–H groups in total. The number of hydrogen-bond acceptors (Lipinski definition) is 5. The summed E-state index contributed by atoms with van der Waals surface area (Å²) < 4.78 is 20.0. The Morgan fingerprint density at radius 3 is 2.50 bits per heavy atom. The number of halogens is 2. The van der Waals surface area contributed by atoms with Crippen molar-refractivity contribution in [2.24, 2.45) is 0 Å². The Labute approximate surface area is 164 Å². The molecular weight excluding hydrogens is 383 g/mol. The second-order valence-corrected chi connectivity index (χ2v) is 6.15. The molecule has 0 unspecified atom stereocenters. The number of pyridine rings is 1. The van der Waals surface area contributed by atoms with Crippen molar-refractivity contribution in [2.45, 2.75) is 6.61 Å². The fraction of sp³-hybridized carbons (Fsp3) is 0.0500. The van der Waals surface area contributed by atoms with E-state index in [2.05, 4.69) is 4.98 Å². The summed E-state index contributed by atoms with van der Waals surface area (Å²) in [6.45, 7) is 0.0563. The molecule has 2 aromatic carbocycles. The van der Waals surface area contributed by atoms with E-state index in [1.54, 1.807) is 30.3 Å². The number of benzene rings is 2. The highest BCUT2D eigenvalue weighted by molar-refractivity contribution is 6.31. The van der Waals surface area contributed by atoms with Crippen LogP contribution in [0.1, 0.15) is 16.7 Å². The number of nitrogens with zero attached hydrogens (tertiary/aromatic N) is 2. The number of ether oxygens (including phenoxy) is 1. The molecule has 6 nitrogen and oxygen atoms in total. The van der Waals surface area contributed by atoms with Crippen LogP contribution >= 0.6 is 11.6 Å². The van der Waals surface area contributed by atoms with Crippen molar-refractivity contribution in [1.29, 1.82) is 10.5 Å². The number of hydrogen-bond donors (Lipinski definition) is 2. The van der Waals surface area contributed by atoms with Crippen molar-refractivity contribution in [2.75, 3.05) is 5.73 Å². The first-order chi connectivity index (χ1) is 13.5. The molecule has 8 heteroatoms. The van der Waals surface area contributed by atoms with E-state index < -0.39 is 11.4 Å². The summed E-state index contributed by atoms with van der Waals surface area (Å²) in [5.41, 5.74) is 5.30. The number of nitriles is 2. The lowest BCUT2D eigenvalue weighted by Crippen LogP contribution is -2.16. The van der Waals surface area contributed by atoms with Crippen molar-refractivity contribution < 1.29 is 9.13 Å². The molecule has 3 aromatic rings. The van der Waals surface area contributed by atoms with Crippen molar-refractivity contribution in [3.8, 4) is 29.0 Å². The van der Waals surface area contributed by atoms with E-state index >= 15 is 0 Å². The second kappa shape index (κ2) is 7.83. The molecule has 0 fully saturated rings. The Kier molecular flexibility index (Phi) is 5.30. The number of aromatic amines is 1. The number of H-pyrrole nitrogens is 1. The molecule has 0 aliphatic heterocycles. The predicted molar refractivity (Wildman–Crippen MR) is 102 cm³/mol. The van der Waals surface area contributed by atoms with Gasteiger partial charge in [-0.3, -0.25) is 4.79 Å². The van der Waals surface area contributed by atoms with Gasteiger partial charge in [0.2, 0.25) is 0 Å². The van der Waals surface area contributed by atoms with Gasteiger partial charge in [0.25, 0.3) is 5.56 Å². The Bertz CT molecular complexity index is 1210. The minimum absolute atomic E-state index is 0.0252. The minimum Gasteiger partial charge on any atom is -0.486 e. The monoisotopic (exact) mass is 394 g/mol. The Balaban J connectivity index is 2.00.